The van der Waals surface area contributed by atoms with E-state index in [0.717, 1.165) is 16.1 Å². The fourth-order valence-corrected chi connectivity index (χ4v) is 2.77. The van der Waals surface area contributed by atoms with Crippen LogP contribution in [-0.4, -0.2) is 22.8 Å². The van der Waals surface area contributed by atoms with Gasteiger partial charge in [0.05, 0.1) is 17.7 Å². The van der Waals surface area contributed by atoms with Gasteiger partial charge in [-0.15, -0.1) is 36.2 Å². The fourth-order valence-electron chi connectivity index (χ4n) is 1.94. The summed E-state index contributed by atoms with van der Waals surface area (Å²) in [4.78, 5) is 19.2. The van der Waals surface area contributed by atoms with Crippen LogP contribution in [0.4, 0.5) is 0 Å². The summed E-state index contributed by atoms with van der Waals surface area (Å²) in [5.41, 5.74) is 9.86. The van der Waals surface area contributed by atoms with Gasteiger partial charge in [-0.2, -0.15) is 0 Å². The van der Waals surface area contributed by atoms with E-state index >= 15 is 0 Å². The number of benzene rings is 1. The van der Waals surface area contributed by atoms with Gasteiger partial charge in [-0.3, -0.25) is 4.79 Å². The average Bonchev–Trinajstić information content (AvgIpc) is 2.85. The van der Waals surface area contributed by atoms with Gasteiger partial charge in [0.15, 0.2) is 0 Å². The lowest BCUT2D eigenvalue weighted by molar-refractivity contribution is -0.130. The van der Waals surface area contributed by atoms with Crippen molar-refractivity contribution in [2.24, 2.45) is 5.73 Å². The van der Waals surface area contributed by atoms with Gasteiger partial charge in [0, 0.05) is 24.4 Å². The van der Waals surface area contributed by atoms with E-state index in [9.17, 15) is 4.79 Å². The quantitative estimate of drug-likeness (QED) is 0.888. The number of thiazole rings is 1. The molecule has 0 saturated carbocycles. The number of halogens is 2. The second kappa shape index (κ2) is 9.79. The molecule has 2 N–H and O–H groups in total. The van der Waals surface area contributed by atoms with Crippen LogP contribution in [-0.2, 0) is 11.3 Å². The lowest BCUT2D eigenvalue weighted by Gasteiger charge is -2.19. The smallest absolute Gasteiger partial charge is 0.224 e. The fraction of sp³-hybridized carbons (Fsp3) is 0.333. The molecule has 1 unspecified atom stereocenters. The second-order valence-corrected chi connectivity index (χ2v) is 5.77. The number of aromatic nitrogens is 1. The van der Waals surface area contributed by atoms with Crippen molar-refractivity contribution < 1.29 is 4.79 Å². The van der Waals surface area contributed by atoms with E-state index in [1.54, 1.807) is 28.8 Å². The van der Waals surface area contributed by atoms with Gasteiger partial charge in [0.1, 0.15) is 0 Å². The Morgan fingerprint density at radius 1 is 1.32 bits per heavy atom. The minimum Gasteiger partial charge on any atom is -0.340 e. The molecule has 0 fully saturated rings. The van der Waals surface area contributed by atoms with Gasteiger partial charge >= 0.3 is 0 Å². The molecule has 0 saturated heterocycles. The Morgan fingerprint density at radius 3 is 2.50 bits per heavy atom. The highest BCUT2D eigenvalue weighted by atomic mass is 35.5. The molecule has 2 rings (SSSR count). The lowest BCUT2D eigenvalue weighted by atomic mass is 10.0. The van der Waals surface area contributed by atoms with Gasteiger partial charge < -0.3 is 10.6 Å². The Balaban J connectivity index is 0.00000220. The maximum atomic E-state index is 12.2. The zero-order chi connectivity index (χ0) is 14.5. The van der Waals surface area contributed by atoms with Crippen LogP contribution in [0.5, 0.6) is 0 Å². The lowest BCUT2D eigenvalue weighted by Crippen LogP contribution is -2.29. The number of aryl methyl sites for hydroxylation is 1. The standard InChI is InChI=1S/C15H19N3OS.2ClH/c1-11-14(20-10-17-11)9-18(2)15(19)8-13(16)12-6-4-3-5-7-12;;/h3-7,10,13H,8-9,16H2,1-2H3;2*1H. The van der Waals surface area contributed by atoms with E-state index in [4.69, 9.17) is 5.73 Å². The van der Waals surface area contributed by atoms with E-state index in [1.807, 2.05) is 37.3 Å². The summed E-state index contributed by atoms with van der Waals surface area (Å²) in [6.45, 7) is 2.55. The predicted octanol–water partition coefficient (Wildman–Crippen LogP) is 3.34. The molecule has 1 aromatic carbocycles. The summed E-state index contributed by atoms with van der Waals surface area (Å²) in [5.74, 6) is 0.0501. The molecule has 0 aliphatic rings. The van der Waals surface area contributed by atoms with Crippen LogP contribution in [0.1, 0.15) is 28.6 Å². The maximum Gasteiger partial charge on any atom is 0.224 e. The van der Waals surface area contributed by atoms with Crippen LogP contribution in [0.3, 0.4) is 0 Å². The Kier molecular flexibility index (Phi) is 9.28. The van der Waals surface area contributed by atoms with E-state index < -0.39 is 0 Å². The van der Waals surface area contributed by atoms with Crippen molar-refractivity contribution in [3.8, 4) is 0 Å². The minimum atomic E-state index is -0.256. The summed E-state index contributed by atoms with van der Waals surface area (Å²) < 4.78 is 0. The minimum absolute atomic E-state index is 0. The molecule has 0 aliphatic carbocycles. The van der Waals surface area contributed by atoms with Crippen LogP contribution in [0.15, 0.2) is 35.8 Å². The largest absolute Gasteiger partial charge is 0.340 e. The summed E-state index contributed by atoms with van der Waals surface area (Å²) in [7, 11) is 1.80. The van der Waals surface area contributed by atoms with Crippen LogP contribution in [0.2, 0.25) is 0 Å². The molecule has 4 nitrogen and oxygen atoms in total. The van der Waals surface area contributed by atoms with Crippen LogP contribution in [0, 0.1) is 6.92 Å². The van der Waals surface area contributed by atoms with Gasteiger partial charge in [-0.05, 0) is 12.5 Å². The molecule has 22 heavy (non-hydrogen) atoms. The number of nitrogens with two attached hydrogens (primary N) is 1. The normalized spacial score (nSPS) is 11.0. The van der Waals surface area contributed by atoms with E-state index in [1.165, 1.54) is 0 Å². The SMILES string of the molecule is Cc1ncsc1CN(C)C(=O)CC(N)c1ccccc1.Cl.Cl. The third-order valence-electron chi connectivity index (χ3n) is 3.27. The van der Waals surface area contributed by atoms with E-state index in [2.05, 4.69) is 4.98 Å². The van der Waals surface area contributed by atoms with Crippen LogP contribution in [0.25, 0.3) is 0 Å². The molecule has 122 valence electrons. The van der Waals surface area contributed by atoms with Crippen molar-refractivity contribution in [3.05, 3.63) is 52.0 Å². The number of carbonyl (C=O) groups is 1. The summed E-state index contributed by atoms with van der Waals surface area (Å²) >= 11 is 1.57. The first-order valence-corrected chi connectivity index (χ1v) is 7.39. The third kappa shape index (κ3) is 5.57. The van der Waals surface area contributed by atoms with Crippen molar-refractivity contribution in [3.63, 3.8) is 0 Å². The molecular weight excluding hydrogens is 341 g/mol. The molecule has 7 heteroatoms. The van der Waals surface area contributed by atoms with E-state index in [-0.39, 0.29) is 36.8 Å². The predicted molar refractivity (Wildman–Crippen MR) is 95.8 cm³/mol. The van der Waals surface area contributed by atoms with Crippen LogP contribution >= 0.6 is 36.2 Å². The Hall–Kier alpha value is -1.14. The van der Waals surface area contributed by atoms with Crippen molar-refractivity contribution in [2.75, 3.05) is 7.05 Å². The first-order valence-electron chi connectivity index (χ1n) is 6.51. The Labute approximate surface area is 147 Å². The number of rotatable bonds is 5. The third-order valence-corrected chi connectivity index (χ3v) is 4.19. The topological polar surface area (TPSA) is 59.2 Å². The second-order valence-electron chi connectivity index (χ2n) is 4.83. The molecule has 0 spiro atoms. The van der Waals surface area contributed by atoms with Crippen LogP contribution < -0.4 is 5.73 Å². The van der Waals surface area contributed by atoms with Crippen molar-refractivity contribution in [1.82, 2.24) is 9.88 Å². The highest BCUT2D eigenvalue weighted by molar-refractivity contribution is 7.09. The highest BCUT2D eigenvalue weighted by Crippen LogP contribution is 2.17. The monoisotopic (exact) mass is 361 g/mol. The number of nitrogens with zero attached hydrogens (tertiary/aromatic N) is 2. The Bertz CT molecular complexity index is 577. The first-order chi connectivity index (χ1) is 9.58. The zero-order valence-corrected chi connectivity index (χ0v) is 15.0. The highest BCUT2D eigenvalue weighted by Gasteiger charge is 2.16. The molecule has 1 amide bonds. The number of carbonyl (C=O) groups excluding carboxylic acids is 1. The van der Waals surface area contributed by atoms with Gasteiger partial charge in [-0.1, -0.05) is 30.3 Å². The van der Waals surface area contributed by atoms with Gasteiger partial charge in [-0.25, -0.2) is 4.98 Å². The van der Waals surface area contributed by atoms with Crippen molar-refractivity contribution in [2.45, 2.75) is 25.9 Å². The first kappa shape index (κ1) is 20.9. The molecule has 1 heterocycles. The molecule has 0 bridgehead atoms. The maximum absolute atomic E-state index is 12.2. The van der Waals surface area contributed by atoms with Gasteiger partial charge in [0.25, 0.3) is 0 Å². The number of hydrogen-bond acceptors (Lipinski definition) is 4. The van der Waals surface area contributed by atoms with Crippen molar-refractivity contribution in [1.29, 1.82) is 0 Å². The summed E-state index contributed by atoms with van der Waals surface area (Å²) in [5, 5.41) is 0. The Morgan fingerprint density at radius 2 is 1.95 bits per heavy atom. The number of amides is 1. The average molecular weight is 362 g/mol. The molecule has 2 aromatic rings. The van der Waals surface area contributed by atoms with E-state index in [0.29, 0.717) is 13.0 Å². The molecular formula is C15H21Cl2N3OS. The zero-order valence-electron chi connectivity index (χ0n) is 12.6. The number of hydrogen-bond donors (Lipinski definition) is 1. The molecule has 1 atom stereocenters. The molecule has 0 aliphatic heterocycles. The summed E-state index contributed by atoms with van der Waals surface area (Å²) in [6.07, 6.45) is 0.318. The molecule has 1 aromatic heterocycles. The van der Waals surface area contributed by atoms with Gasteiger partial charge in [0.2, 0.25) is 5.91 Å². The molecule has 0 radical (unpaired) electrons. The van der Waals surface area contributed by atoms with Crippen molar-refractivity contribution >= 4 is 42.1 Å². The summed E-state index contributed by atoms with van der Waals surface area (Å²) in [6, 6.07) is 9.45.